The second-order valence-electron chi connectivity index (χ2n) is 5.96. The summed E-state index contributed by atoms with van der Waals surface area (Å²) in [4.78, 5) is 9.14. The number of nitrogens with zero attached hydrogens (tertiary/aromatic N) is 4. The SMILES string of the molecule is Cc1ccc(C(N)=NO)c(N2CCN(C)C(C)(C)C2)n1. The van der Waals surface area contributed by atoms with Gasteiger partial charge >= 0.3 is 0 Å². The number of likely N-dealkylation sites (N-methyl/N-ethyl adjacent to an activating group) is 1. The highest BCUT2D eigenvalue weighted by Gasteiger charge is 2.32. The summed E-state index contributed by atoms with van der Waals surface area (Å²) in [5, 5.41) is 12.0. The molecule has 1 aromatic rings. The summed E-state index contributed by atoms with van der Waals surface area (Å²) < 4.78 is 0. The number of aromatic nitrogens is 1. The van der Waals surface area contributed by atoms with Gasteiger partial charge in [0.25, 0.3) is 0 Å². The zero-order valence-electron chi connectivity index (χ0n) is 12.6. The summed E-state index contributed by atoms with van der Waals surface area (Å²) in [5.74, 6) is 0.894. The molecule has 1 aromatic heterocycles. The van der Waals surface area contributed by atoms with Gasteiger partial charge in [-0.1, -0.05) is 5.16 Å². The summed E-state index contributed by atoms with van der Waals surface area (Å²) in [6, 6.07) is 3.73. The fourth-order valence-corrected chi connectivity index (χ4v) is 2.46. The smallest absolute Gasteiger partial charge is 0.173 e. The summed E-state index contributed by atoms with van der Waals surface area (Å²) in [6.07, 6.45) is 0. The molecule has 1 fully saturated rings. The van der Waals surface area contributed by atoms with Gasteiger partial charge in [-0.3, -0.25) is 4.90 Å². The van der Waals surface area contributed by atoms with Crippen LogP contribution in [-0.2, 0) is 0 Å². The molecule has 1 saturated heterocycles. The van der Waals surface area contributed by atoms with Gasteiger partial charge < -0.3 is 15.8 Å². The van der Waals surface area contributed by atoms with Crippen LogP contribution in [0.15, 0.2) is 17.3 Å². The summed E-state index contributed by atoms with van der Waals surface area (Å²) in [7, 11) is 2.13. The van der Waals surface area contributed by atoms with E-state index in [0.29, 0.717) is 5.56 Å². The Hall–Kier alpha value is -1.82. The molecule has 0 atom stereocenters. The van der Waals surface area contributed by atoms with Crippen molar-refractivity contribution in [3.8, 4) is 0 Å². The van der Waals surface area contributed by atoms with Crippen molar-refractivity contribution < 1.29 is 5.21 Å². The third kappa shape index (κ3) is 2.70. The van der Waals surface area contributed by atoms with E-state index < -0.39 is 0 Å². The van der Waals surface area contributed by atoms with Crippen LogP contribution >= 0.6 is 0 Å². The lowest BCUT2D eigenvalue weighted by molar-refractivity contribution is 0.138. The Morgan fingerprint density at radius 3 is 2.70 bits per heavy atom. The van der Waals surface area contributed by atoms with E-state index in [1.165, 1.54) is 0 Å². The Morgan fingerprint density at radius 1 is 1.40 bits per heavy atom. The van der Waals surface area contributed by atoms with E-state index >= 15 is 0 Å². The number of pyridine rings is 1. The first-order valence-electron chi connectivity index (χ1n) is 6.77. The number of amidine groups is 1. The van der Waals surface area contributed by atoms with Crippen molar-refractivity contribution in [3.05, 3.63) is 23.4 Å². The molecule has 0 saturated carbocycles. The largest absolute Gasteiger partial charge is 0.409 e. The Bertz CT molecular complexity index is 526. The topological polar surface area (TPSA) is 78.0 Å². The van der Waals surface area contributed by atoms with Crippen LogP contribution in [0.4, 0.5) is 5.82 Å². The second kappa shape index (κ2) is 5.28. The third-order valence-corrected chi connectivity index (χ3v) is 4.01. The molecule has 110 valence electrons. The lowest BCUT2D eigenvalue weighted by Gasteiger charge is -2.46. The molecule has 20 heavy (non-hydrogen) atoms. The summed E-state index contributed by atoms with van der Waals surface area (Å²) >= 11 is 0. The number of rotatable bonds is 2. The molecular weight excluding hydrogens is 254 g/mol. The van der Waals surface area contributed by atoms with Gasteiger partial charge in [-0.2, -0.15) is 0 Å². The van der Waals surface area contributed by atoms with Crippen molar-refractivity contribution in [3.63, 3.8) is 0 Å². The van der Waals surface area contributed by atoms with E-state index in [9.17, 15) is 0 Å². The molecule has 6 nitrogen and oxygen atoms in total. The molecule has 1 aliphatic heterocycles. The fourth-order valence-electron chi connectivity index (χ4n) is 2.46. The summed E-state index contributed by atoms with van der Waals surface area (Å²) in [6.45, 7) is 9.04. The number of oxime groups is 1. The lowest BCUT2D eigenvalue weighted by atomic mass is 9.99. The molecule has 0 unspecified atom stereocenters. The van der Waals surface area contributed by atoms with Crippen LogP contribution in [-0.4, -0.2) is 53.1 Å². The predicted octanol–water partition coefficient (Wildman–Crippen LogP) is 1.01. The van der Waals surface area contributed by atoms with Crippen LogP contribution in [0.25, 0.3) is 0 Å². The van der Waals surface area contributed by atoms with Gasteiger partial charge in [0.05, 0.1) is 5.56 Å². The molecule has 0 aliphatic carbocycles. The maximum absolute atomic E-state index is 8.93. The van der Waals surface area contributed by atoms with Crippen LogP contribution in [0.1, 0.15) is 25.1 Å². The van der Waals surface area contributed by atoms with E-state index in [0.717, 1.165) is 31.1 Å². The van der Waals surface area contributed by atoms with Gasteiger partial charge in [0, 0.05) is 30.9 Å². The molecule has 0 bridgehead atoms. The van der Waals surface area contributed by atoms with Gasteiger partial charge in [-0.05, 0) is 40.0 Å². The van der Waals surface area contributed by atoms with Crippen LogP contribution < -0.4 is 10.6 Å². The Labute approximate surface area is 119 Å². The molecule has 0 spiro atoms. The number of nitrogens with two attached hydrogens (primary N) is 1. The Morgan fingerprint density at radius 2 is 2.10 bits per heavy atom. The predicted molar refractivity (Wildman–Crippen MR) is 80.4 cm³/mol. The number of anilines is 1. The average molecular weight is 277 g/mol. The molecule has 6 heteroatoms. The number of hydrogen-bond donors (Lipinski definition) is 2. The maximum Gasteiger partial charge on any atom is 0.173 e. The molecule has 3 N–H and O–H groups in total. The van der Waals surface area contributed by atoms with E-state index in [2.05, 4.69) is 40.8 Å². The van der Waals surface area contributed by atoms with Gasteiger partial charge in [0.15, 0.2) is 5.84 Å². The minimum atomic E-state index is 0.0616. The van der Waals surface area contributed by atoms with Crippen molar-refractivity contribution in [1.29, 1.82) is 0 Å². The fraction of sp³-hybridized carbons (Fsp3) is 0.571. The normalized spacial score (nSPS) is 20.2. The number of hydrogen-bond acceptors (Lipinski definition) is 5. The van der Waals surface area contributed by atoms with Crippen molar-refractivity contribution in [2.75, 3.05) is 31.6 Å². The Balaban J connectivity index is 2.39. The van der Waals surface area contributed by atoms with E-state index in [1.54, 1.807) is 0 Å². The van der Waals surface area contributed by atoms with E-state index in [4.69, 9.17) is 10.9 Å². The highest BCUT2D eigenvalue weighted by Crippen LogP contribution is 2.26. The molecule has 0 aromatic carbocycles. The van der Waals surface area contributed by atoms with E-state index in [-0.39, 0.29) is 11.4 Å². The second-order valence-corrected chi connectivity index (χ2v) is 5.96. The minimum absolute atomic E-state index is 0.0616. The molecule has 2 rings (SSSR count). The monoisotopic (exact) mass is 277 g/mol. The van der Waals surface area contributed by atoms with Gasteiger partial charge in [0.1, 0.15) is 5.82 Å². The van der Waals surface area contributed by atoms with Gasteiger partial charge in [0.2, 0.25) is 0 Å². The Kier molecular flexibility index (Phi) is 3.85. The van der Waals surface area contributed by atoms with Crippen LogP contribution in [0.5, 0.6) is 0 Å². The standard InChI is InChI=1S/C14H23N5O/c1-10-5-6-11(12(15)17-20)13(16-10)19-8-7-18(4)14(2,3)9-19/h5-6,20H,7-9H2,1-4H3,(H2,15,17). The van der Waals surface area contributed by atoms with Crippen LogP contribution in [0, 0.1) is 6.92 Å². The quantitative estimate of drug-likeness (QED) is 0.365. The van der Waals surface area contributed by atoms with Crippen molar-refractivity contribution in [1.82, 2.24) is 9.88 Å². The maximum atomic E-state index is 8.93. The van der Waals surface area contributed by atoms with Gasteiger partial charge in [-0.25, -0.2) is 4.98 Å². The first-order valence-corrected chi connectivity index (χ1v) is 6.77. The lowest BCUT2D eigenvalue weighted by Crippen LogP contribution is -2.58. The molecule has 1 aliphatic rings. The van der Waals surface area contributed by atoms with Crippen molar-refractivity contribution in [2.24, 2.45) is 10.9 Å². The molecular formula is C14H23N5O. The van der Waals surface area contributed by atoms with Gasteiger partial charge in [-0.15, -0.1) is 0 Å². The van der Waals surface area contributed by atoms with Crippen molar-refractivity contribution in [2.45, 2.75) is 26.3 Å². The molecule has 0 amide bonds. The third-order valence-electron chi connectivity index (χ3n) is 4.01. The molecule has 2 heterocycles. The van der Waals surface area contributed by atoms with E-state index in [1.807, 2.05) is 19.1 Å². The van der Waals surface area contributed by atoms with Crippen LogP contribution in [0.3, 0.4) is 0 Å². The zero-order valence-corrected chi connectivity index (χ0v) is 12.6. The summed E-state index contributed by atoms with van der Waals surface area (Å²) in [5.41, 5.74) is 7.43. The minimum Gasteiger partial charge on any atom is -0.409 e. The first-order chi connectivity index (χ1) is 9.35. The van der Waals surface area contributed by atoms with Crippen LogP contribution in [0.2, 0.25) is 0 Å². The highest BCUT2D eigenvalue weighted by atomic mass is 16.4. The average Bonchev–Trinajstić information content (AvgIpc) is 2.41. The molecule has 0 radical (unpaired) electrons. The number of piperazine rings is 1. The van der Waals surface area contributed by atoms with Crippen molar-refractivity contribution >= 4 is 11.7 Å². The number of aryl methyl sites for hydroxylation is 1. The highest BCUT2D eigenvalue weighted by molar-refractivity contribution is 6.01. The zero-order chi connectivity index (χ0) is 14.9. The first kappa shape index (κ1) is 14.6.